The summed E-state index contributed by atoms with van der Waals surface area (Å²) in [5, 5.41) is 9.58. The van der Waals surface area contributed by atoms with Gasteiger partial charge in [0.1, 0.15) is 11.9 Å². The number of aliphatic hydroxyl groups is 1. The summed E-state index contributed by atoms with van der Waals surface area (Å²) in [6.45, 7) is 3.94. The van der Waals surface area contributed by atoms with Gasteiger partial charge < -0.3 is 9.67 Å². The number of rotatable bonds is 2. The van der Waals surface area contributed by atoms with Gasteiger partial charge in [0.2, 0.25) is 0 Å². The molecule has 1 N–H and O–H groups in total. The first-order valence-electron chi connectivity index (χ1n) is 3.78. The highest BCUT2D eigenvalue weighted by atomic mass is 16.3. The van der Waals surface area contributed by atoms with Crippen molar-refractivity contribution in [2.75, 3.05) is 0 Å². The molecule has 0 unspecified atom stereocenters. The molecule has 1 aromatic heterocycles. The van der Waals surface area contributed by atoms with Crippen molar-refractivity contribution in [2.45, 2.75) is 20.0 Å². The van der Waals surface area contributed by atoms with E-state index in [1.165, 1.54) is 0 Å². The van der Waals surface area contributed by atoms with Crippen molar-refractivity contribution in [1.82, 2.24) is 9.55 Å². The largest absolute Gasteiger partial charge is 0.385 e. The van der Waals surface area contributed by atoms with Crippen LogP contribution in [-0.2, 0) is 7.05 Å². The molecule has 62 valence electrons. The molecule has 0 saturated carbocycles. The van der Waals surface area contributed by atoms with E-state index in [9.17, 15) is 5.11 Å². The molecule has 0 spiro atoms. The number of aryl methyl sites for hydroxylation is 1. The maximum atomic E-state index is 9.58. The van der Waals surface area contributed by atoms with Gasteiger partial charge in [-0.05, 0) is 5.92 Å². The normalized spacial score (nSPS) is 13.9. The van der Waals surface area contributed by atoms with Crippen LogP contribution in [0.2, 0.25) is 0 Å². The topological polar surface area (TPSA) is 38.1 Å². The van der Waals surface area contributed by atoms with Crippen LogP contribution in [-0.4, -0.2) is 14.7 Å². The van der Waals surface area contributed by atoms with Crippen LogP contribution in [0.25, 0.3) is 0 Å². The molecule has 0 saturated heterocycles. The minimum absolute atomic E-state index is 0.219. The molecule has 0 radical (unpaired) electrons. The zero-order valence-corrected chi connectivity index (χ0v) is 7.15. The second kappa shape index (κ2) is 3.05. The lowest BCUT2D eigenvalue weighted by Gasteiger charge is -2.13. The van der Waals surface area contributed by atoms with Crippen molar-refractivity contribution < 1.29 is 5.11 Å². The smallest absolute Gasteiger partial charge is 0.137 e. The Bertz CT molecular complexity index is 230. The van der Waals surface area contributed by atoms with E-state index in [-0.39, 0.29) is 5.92 Å². The van der Waals surface area contributed by atoms with Gasteiger partial charge in [0.25, 0.3) is 0 Å². The molecule has 0 aliphatic carbocycles. The third-order valence-corrected chi connectivity index (χ3v) is 1.75. The van der Waals surface area contributed by atoms with E-state index in [2.05, 4.69) is 4.98 Å². The van der Waals surface area contributed by atoms with Crippen molar-refractivity contribution in [1.29, 1.82) is 0 Å². The maximum Gasteiger partial charge on any atom is 0.137 e. The van der Waals surface area contributed by atoms with Crippen molar-refractivity contribution in [3.05, 3.63) is 18.2 Å². The Morgan fingerprint density at radius 1 is 1.55 bits per heavy atom. The highest BCUT2D eigenvalue weighted by Gasteiger charge is 2.15. The third kappa shape index (κ3) is 1.60. The van der Waals surface area contributed by atoms with Gasteiger partial charge in [-0.1, -0.05) is 13.8 Å². The van der Waals surface area contributed by atoms with Gasteiger partial charge in [0.15, 0.2) is 0 Å². The van der Waals surface area contributed by atoms with E-state index in [1.54, 1.807) is 6.20 Å². The minimum Gasteiger partial charge on any atom is -0.385 e. The van der Waals surface area contributed by atoms with Gasteiger partial charge in [-0.2, -0.15) is 0 Å². The minimum atomic E-state index is -0.449. The summed E-state index contributed by atoms with van der Waals surface area (Å²) in [5.41, 5.74) is 0. The van der Waals surface area contributed by atoms with Gasteiger partial charge in [0.05, 0.1) is 0 Å². The molecule has 3 heteroatoms. The Labute approximate surface area is 66.7 Å². The van der Waals surface area contributed by atoms with Crippen LogP contribution in [0.3, 0.4) is 0 Å². The summed E-state index contributed by atoms with van der Waals surface area (Å²) in [7, 11) is 1.88. The van der Waals surface area contributed by atoms with Gasteiger partial charge in [-0.15, -0.1) is 0 Å². The average Bonchev–Trinajstić information content (AvgIpc) is 2.33. The maximum absolute atomic E-state index is 9.58. The first-order valence-corrected chi connectivity index (χ1v) is 3.78. The SMILES string of the molecule is CC(C)[C@H](O)c1nccn1C. The van der Waals surface area contributed by atoms with Gasteiger partial charge in [-0.3, -0.25) is 0 Å². The number of aliphatic hydroxyl groups excluding tert-OH is 1. The quantitative estimate of drug-likeness (QED) is 0.693. The number of hydrogen-bond donors (Lipinski definition) is 1. The second-order valence-corrected chi connectivity index (χ2v) is 3.09. The van der Waals surface area contributed by atoms with Gasteiger partial charge in [-0.25, -0.2) is 4.98 Å². The predicted octanol–water partition coefficient (Wildman–Crippen LogP) is 1.11. The predicted molar refractivity (Wildman–Crippen MR) is 43.0 cm³/mol. The Kier molecular flexibility index (Phi) is 2.29. The first-order chi connectivity index (χ1) is 5.13. The summed E-state index contributed by atoms with van der Waals surface area (Å²) in [6, 6.07) is 0. The summed E-state index contributed by atoms with van der Waals surface area (Å²) in [4.78, 5) is 4.05. The van der Waals surface area contributed by atoms with Crippen molar-refractivity contribution in [3.8, 4) is 0 Å². The van der Waals surface area contributed by atoms with E-state index < -0.39 is 6.10 Å². The fraction of sp³-hybridized carbons (Fsp3) is 0.625. The molecule has 1 aromatic rings. The number of imidazole rings is 1. The Balaban J connectivity index is 2.84. The zero-order valence-electron chi connectivity index (χ0n) is 7.15. The molecule has 0 aliphatic heterocycles. The second-order valence-electron chi connectivity index (χ2n) is 3.09. The molecular weight excluding hydrogens is 140 g/mol. The van der Waals surface area contributed by atoms with Gasteiger partial charge >= 0.3 is 0 Å². The molecule has 0 aromatic carbocycles. The molecule has 0 amide bonds. The van der Waals surface area contributed by atoms with Crippen LogP contribution in [0.5, 0.6) is 0 Å². The molecule has 3 nitrogen and oxygen atoms in total. The summed E-state index contributed by atoms with van der Waals surface area (Å²) < 4.78 is 1.84. The van der Waals surface area contributed by atoms with E-state index in [0.29, 0.717) is 0 Å². The van der Waals surface area contributed by atoms with Gasteiger partial charge in [0, 0.05) is 19.4 Å². The summed E-state index contributed by atoms with van der Waals surface area (Å²) >= 11 is 0. The lowest BCUT2D eigenvalue weighted by molar-refractivity contribution is 0.115. The standard InChI is InChI=1S/C8H14N2O/c1-6(2)7(11)8-9-4-5-10(8)3/h4-7,11H,1-3H3/t7-/m0/s1. The van der Waals surface area contributed by atoms with Crippen molar-refractivity contribution in [2.24, 2.45) is 13.0 Å². The lowest BCUT2D eigenvalue weighted by atomic mass is 10.1. The van der Waals surface area contributed by atoms with E-state index in [0.717, 1.165) is 5.82 Å². The molecular formula is C8H14N2O. The molecule has 0 bridgehead atoms. The monoisotopic (exact) mass is 154 g/mol. The lowest BCUT2D eigenvalue weighted by Crippen LogP contribution is -2.10. The van der Waals surface area contributed by atoms with Crippen LogP contribution in [0.15, 0.2) is 12.4 Å². The fourth-order valence-electron chi connectivity index (χ4n) is 0.960. The van der Waals surface area contributed by atoms with E-state index >= 15 is 0 Å². The summed E-state index contributed by atoms with van der Waals surface area (Å²) in [6.07, 6.45) is 3.08. The zero-order chi connectivity index (χ0) is 8.43. The van der Waals surface area contributed by atoms with Crippen LogP contribution < -0.4 is 0 Å². The highest BCUT2D eigenvalue weighted by molar-refractivity contribution is 4.96. The number of aromatic nitrogens is 2. The third-order valence-electron chi connectivity index (χ3n) is 1.75. The van der Waals surface area contributed by atoms with Crippen LogP contribution in [0.1, 0.15) is 25.8 Å². The molecule has 1 heterocycles. The highest BCUT2D eigenvalue weighted by Crippen LogP contribution is 2.18. The molecule has 1 rings (SSSR count). The molecule has 1 atom stereocenters. The fourth-order valence-corrected chi connectivity index (χ4v) is 0.960. The molecule has 0 aliphatic rings. The van der Waals surface area contributed by atoms with Crippen LogP contribution >= 0.6 is 0 Å². The van der Waals surface area contributed by atoms with E-state index in [4.69, 9.17) is 0 Å². The van der Waals surface area contributed by atoms with Crippen LogP contribution in [0.4, 0.5) is 0 Å². The first kappa shape index (κ1) is 8.27. The number of nitrogens with zero attached hydrogens (tertiary/aromatic N) is 2. The average molecular weight is 154 g/mol. The van der Waals surface area contributed by atoms with Crippen molar-refractivity contribution >= 4 is 0 Å². The molecule has 11 heavy (non-hydrogen) atoms. The summed E-state index contributed by atoms with van der Waals surface area (Å²) in [5.74, 6) is 0.955. The Morgan fingerprint density at radius 2 is 2.18 bits per heavy atom. The Morgan fingerprint density at radius 3 is 2.55 bits per heavy atom. The molecule has 0 fully saturated rings. The number of hydrogen-bond acceptors (Lipinski definition) is 2. The van der Waals surface area contributed by atoms with Crippen molar-refractivity contribution in [3.63, 3.8) is 0 Å². The van der Waals surface area contributed by atoms with Crippen LogP contribution in [0, 0.1) is 5.92 Å². The Hall–Kier alpha value is -0.830. The van der Waals surface area contributed by atoms with E-state index in [1.807, 2.05) is 31.7 Å².